The summed E-state index contributed by atoms with van der Waals surface area (Å²) in [5.74, 6) is 0.151. The largest absolute Gasteiger partial charge is 0.459 e. The lowest BCUT2D eigenvalue weighted by Crippen LogP contribution is -2.85. The number of nitrogens with two attached hydrogens (primary N) is 2. The molecule has 6 heteroatoms. The van der Waals surface area contributed by atoms with Gasteiger partial charge in [-0.1, -0.05) is 11.6 Å². The maximum absolute atomic E-state index is 11.8. The van der Waals surface area contributed by atoms with E-state index in [1.807, 2.05) is 25.2 Å². The van der Waals surface area contributed by atoms with Crippen LogP contribution in [0.4, 0.5) is 0 Å². The van der Waals surface area contributed by atoms with E-state index >= 15 is 0 Å². The normalized spacial score (nSPS) is 28.6. The van der Waals surface area contributed by atoms with Crippen molar-refractivity contribution in [2.75, 3.05) is 0 Å². The molecule has 0 radical (unpaired) electrons. The van der Waals surface area contributed by atoms with Gasteiger partial charge in [-0.25, -0.2) is 4.79 Å². The number of aliphatic hydroxyl groups excluding tert-OH is 2. The van der Waals surface area contributed by atoms with Crippen LogP contribution >= 0.6 is 0 Å². The first-order valence-corrected chi connectivity index (χ1v) is 10.4. The lowest BCUT2D eigenvalue weighted by atomic mass is 9.86. The van der Waals surface area contributed by atoms with E-state index in [1.165, 1.54) is 0 Å². The third-order valence-corrected chi connectivity index (χ3v) is 5.45. The topological polar surface area (TPSA) is 100.0 Å². The quantitative estimate of drug-likeness (QED) is 0.220. The Morgan fingerprint density at radius 2 is 1.76 bits per heavy atom. The minimum atomic E-state index is -0.818. The highest BCUT2D eigenvalue weighted by atomic mass is 16.5. The molecule has 6 nitrogen and oxygen atoms in total. The predicted octanol–water partition coefficient (Wildman–Crippen LogP) is 0.974. The molecule has 2 atom stereocenters. The standard InChI is InChI=1S/C23H36N2O4/c1-15(2)11-23(28)29-18-8-5-16(6-9-18)12-19(24-3)20(25-4)13-17-7-10-21(26)22(27)14-17/h11-14,16,18,21-22,26-27H,3-10,24-25H2,1-2H3/b19-12-,20-13-/t16?,18?,21-,22-/m0/s1. The Labute approximate surface area is 174 Å². The smallest absolute Gasteiger partial charge is 0.330 e. The zero-order valence-electron chi connectivity index (χ0n) is 17.6. The Morgan fingerprint density at radius 1 is 1.10 bits per heavy atom. The molecule has 1 fully saturated rings. The Bertz CT molecular complexity index is 681. The third-order valence-electron chi connectivity index (χ3n) is 5.45. The van der Waals surface area contributed by atoms with Crippen LogP contribution in [0.2, 0.25) is 0 Å². The highest BCUT2D eigenvalue weighted by Crippen LogP contribution is 2.28. The first-order valence-electron chi connectivity index (χ1n) is 10.4. The number of aliphatic hydroxyl groups is 2. The summed E-state index contributed by atoms with van der Waals surface area (Å²) in [5, 5.41) is 23.2. The van der Waals surface area contributed by atoms with Crippen LogP contribution in [0.15, 0.2) is 46.8 Å². The van der Waals surface area contributed by atoms with Crippen LogP contribution in [0.3, 0.4) is 0 Å². The van der Waals surface area contributed by atoms with Crippen LogP contribution in [0.25, 0.3) is 0 Å². The summed E-state index contributed by atoms with van der Waals surface area (Å²) in [6.45, 7) is 3.77. The number of ether oxygens (including phenoxy) is 1. The molecule has 162 valence electrons. The molecular weight excluding hydrogens is 368 g/mol. The molecule has 0 spiro atoms. The summed E-state index contributed by atoms with van der Waals surface area (Å²) in [5.41, 5.74) is 3.93. The van der Waals surface area contributed by atoms with Gasteiger partial charge in [-0.05, 0) is 69.9 Å². The van der Waals surface area contributed by atoms with Crippen LogP contribution in [0, 0.1) is 20.0 Å². The first kappa shape index (κ1) is 23.5. The van der Waals surface area contributed by atoms with Crippen LogP contribution in [-0.2, 0) is 9.53 Å². The summed E-state index contributed by atoms with van der Waals surface area (Å²) in [4.78, 5) is 11.8. The molecule has 0 aromatic rings. The fraction of sp³-hybridized carbons (Fsp3) is 0.522. The monoisotopic (exact) mass is 404 g/mol. The molecule has 6 N–H and O–H groups in total. The van der Waals surface area contributed by atoms with Crippen molar-refractivity contribution in [3.63, 3.8) is 0 Å². The fourth-order valence-electron chi connectivity index (χ4n) is 3.82. The Hall–Kier alpha value is -1.73. The van der Waals surface area contributed by atoms with E-state index in [-0.39, 0.29) is 12.1 Å². The number of hydrogen-bond donors (Lipinski definition) is 4. The molecular formula is C23H36N2O4. The number of hydrogen-bond acceptors (Lipinski definition) is 4. The summed E-state index contributed by atoms with van der Waals surface area (Å²) >= 11 is 0. The van der Waals surface area contributed by atoms with Crippen LogP contribution in [0.1, 0.15) is 52.4 Å². The molecule has 1 saturated carbocycles. The zero-order valence-corrected chi connectivity index (χ0v) is 17.6. The minimum absolute atomic E-state index is 0.00958. The van der Waals surface area contributed by atoms with Gasteiger partial charge >= 0.3 is 5.97 Å². The van der Waals surface area contributed by atoms with Gasteiger partial charge < -0.3 is 25.6 Å². The number of esters is 1. The van der Waals surface area contributed by atoms with Gasteiger partial charge in [-0.3, -0.25) is 0 Å². The molecule has 0 aromatic heterocycles. The minimum Gasteiger partial charge on any atom is -0.459 e. The predicted molar refractivity (Wildman–Crippen MR) is 111 cm³/mol. The van der Waals surface area contributed by atoms with Crippen LogP contribution < -0.4 is 10.6 Å². The van der Waals surface area contributed by atoms with E-state index in [9.17, 15) is 15.0 Å². The molecule has 29 heavy (non-hydrogen) atoms. The van der Waals surface area contributed by atoms with Gasteiger partial charge in [0.2, 0.25) is 0 Å². The molecule has 2 rings (SSSR count). The number of carbonyl (C=O) groups is 1. The van der Waals surface area contributed by atoms with Gasteiger partial charge in [0.25, 0.3) is 0 Å². The fourth-order valence-corrected chi connectivity index (χ4v) is 3.82. The average Bonchev–Trinajstić information content (AvgIpc) is 2.68. The Kier molecular flexibility index (Phi) is 9.30. The van der Waals surface area contributed by atoms with Crippen LogP contribution in [0.5, 0.6) is 0 Å². The second kappa shape index (κ2) is 11.5. The van der Waals surface area contributed by atoms with Gasteiger partial charge in [0.1, 0.15) is 6.10 Å². The molecule has 0 amide bonds. The van der Waals surface area contributed by atoms with E-state index in [2.05, 4.69) is 20.2 Å². The first-order chi connectivity index (χ1) is 13.8. The third kappa shape index (κ3) is 7.55. The number of carbonyl (C=O) groups excluding carboxylic acids is 1. The number of quaternary nitrogens is 2. The maximum Gasteiger partial charge on any atom is 0.330 e. The van der Waals surface area contributed by atoms with E-state index in [1.54, 1.807) is 17.5 Å². The molecule has 0 aliphatic heterocycles. The van der Waals surface area contributed by atoms with Crippen LogP contribution in [-0.4, -0.2) is 34.5 Å². The zero-order chi connectivity index (χ0) is 21.4. The molecule has 2 aliphatic carbocycles. The molecule has 0 heterocycles. The second-order valence-corrected chi connectivity index (χ2v) is 8.16. The van der Waals surface area contributed by atoms with E-state index in [0.29, 0.717) is 12.3 Å². The lowest BCUT2D eigenvalue weighted by molar-refractivity contribution is -0.596. The molecule has 0 bridgehead atoms. The van der Waals surface area contributed by atoms with Crippen molar-refractivity contribution in [2.24, 2.45) is 5.92 Å². The van der Waals surface area contributed by atoms with E-state index in [0.717, 1.165) is 54.6 Å². The van der Waals surface area contributed by atoms with Crippen molar-refractivity contribution >= 4 is 5.97 Å². The van der Waals surface area contributed by atoms with Gasteiger partial charge in [0.05, 0.1) is 12.2 Å². The number of allylic oxidation sites excluding steroid dienone is 4. The van der Waals surface area contributed by atoms with E-state index in [4.69, 9.17) is 4.74 Å². The van der Waals surface area contributed by atoms with E-state index < -0.39 is 12.2 Å². The molecule has 0 unspecified atom stereocenters. The Balaban J connectivity index is 2.00. The highest BCUT2D eigenvalue weighted by Gasteiger charge is 2.24. The Morgan fingerprint density at radius 3 is 2.31 bits per heavy atom. The van der Waals surface area contributed by atoms with Crippen molar-refractivity contribution in [3.8, 4) is 0 Å². The molecule has 2 aliphatic rings. The summed E-state index contributed by atoms with van der Waals surface area (Å²) in [7, 11) is 7.89. The number of rotatable bonds is 7. The lowest BCUT2D eigenvalue weighted by Gasteiger charge is -2.27. The summed E-state index contributed by atoms with van der Waals surface area (Å²) < 4.78 is 5.53. The van der Waals surface area contributed by atoms with Gasteiger partial charge in [-0.2, -0.15) is 0 Å². The maximum atomic E-state index is 11.8. The average molecular weight is 405 g/mol. The highest BCUT2D eigenvalue weighted by molar-refractivity contribution is 5.82. The summed E-state index contributed by atoms with van der Waals surface area (Å²) in [6, 6.07) is 0. The van der Waals surface area contributed by atoms with Crippen molar-refractivity contribution in [3.05, 3.63) is 60.9 Å². The van der Waals surface area contributed by atoms with Gasteiger partial charge in [0, 0.05) is 12.2 Å². The molecule has 0 aromatic carbocycles. The van der Waals surface area contributed by atoms with Crippen molar-refractivity contribution in [1.29, 1.82) is 0 Å². The summed E-state index contributed by atoms with van der Waals surface area (Å²) in [6.07, 6.45) is 10.9. The van der Waals surface area contributed by atoms with Gasteiger partial charge in [0.15, 0.2) is 11.4 Å². The van der Waals surface area contributed by atoms with Crippen molar-refractivity contribution in [2.45, 2.75) is 70.7 Å². The second-order valence-electron chi connectivity index (χ2n) is 8.16. The van der Waals surface area contributed by atoms with Crippen molar-refractivity contribution in [1.82, 2.24) is 0 Å². The van der Waals surface area contributed by atoms with Crippen molar-refractivity contribution < 1.29 is 30.4 Å². The molecule has 0 saturated heterocycles. The SMILES string of the molecule is [CH2-][NH2+]C(=C\C1=C[C@H](O)[C@@H](O)CC1)/C(=C/C1CCC(OC(=O)C=C(C)C)CC1)[NH2+][CH2-]. The van der Waals surface area contributed by atoms with Gasteiger partial charge in [-0.15, -0.1) is 14.1 Å².